The molecule has 4 rings (SSSR count). The van der Waals surface area contributed by atoms with Crippen LogP contribution in [0.1, 0.15) is 0 Å². The smallest absolute Gasteiger partial charge is 0.179 e. The lowest BCUT2D eigenvalue weighted by Gasteiger charge is -2.31. The van der Waals surface area contributed by atoms with E-state index in [1.54, 1.807) is 6.20 Å². The van der Waals surface area contributed by atoms with Crippen molar-refractivity contribution >= 4 is 23.0 Å². The third-order valence-corrected chi connectivity index (χ3v) is 4.91. The summed E-state index contributed by atoms with van der Waals surface area (Å²) in [5, 5.41) is 24.8. The zero-order chi connectivity index (χ0) is 20.4. The van der Waals surface area contributed by atoms with Gasteiger partial charge in [-0.3, -0.25) is 0 Å². The van der Waals surface area contributed by atoms with Gasteiger partial charge in [0.25, 0.3) is 0 Å². The molecule has 8 heteroatoms. The van der Waals surface area contributed by atoms with Gasteiger partial charge in [-0.2, -0.15) is 0 Å². The molecule has 0 unspecified atom stereocenters. The Balaban J connectivity index is 1.60. The van der Waals surface area contributed by atoms with E-state index in [0.717, 1.165) is 22.6 Å². The van der Waals surface area contributed by atoms with Crippen molar-refractivity contribution in [2.75, 3.05) is 23.4 Å². The highest BCUT2D eigenvalue weighted by molar-refractivity contribution is 6.30. The molecule has 2 aromatic carbocycles. The Morgan fingerprint density at radius 3 is 2.52 bits per heavy atom. The number of nitrogens with one attached hydrogen (secondary N) is 1. The minimum absolute atomic E-state index is 0.131. The number of aliphatic hydroxyl groups is 1. The van der Waals surface area contributed by atoms with Crippen LogP contribution in [0.5, 0.6) is 0 Å². The predicted octanol–water partition coefficient (Wildman–Crippen LogP) is 4.32. The molecule has 1 aliphatic heterocycles. The van der Waals surface area contributed by atoms with Gasteiger partial charge in [0.1, 0.15) is 5.76 Å². The van der Waals surface area contributed by atoms with E-state index in [1.165, 1.54) is 0 Å². The Kier molecular flexibility index (Phi) is 5.05. The summed E-state index contributed by atoms with van der Waals surface area (Å²) in [5.74, 6) is 0.728. The number of anilines is 2. The van der Waals surface area contributed by atoms with E-state index in [2.05, 4.69) is 32.1 Å². The summed E-state index contributed by atoms with van der Waals surface area (Å²) in [6, 6.07) is 15.4. The minimum atomic E-state index is 0.131. The van der Waals surface area contributed by atoms with Crippen molar-refractivity contribution in [3.05, 3.63) is 89.4 Å². The molecule has 2 heterocycles. The number of likely N-dealkylation sites (N-methyl/N-ethyl adjacent to an activating group) is 1. The molecule has 29 heavy (non-hydrogen) atoms. The number of benzene rings is 2. The molecule has 0 radical (unpaired) electrons. The van der Waals surface area contributed by atoms with E-state index in [0.29, 0.717) is 23.0 Å². The normalized spacial score (nSPS) is 13.9. The predicted molar refractivity (Wildman–Crippen MR) is 115 cm³/mol. The number of halogens is 1. The summed E-state index contributed by atoms with van der Waals surface area (Å²) >= 11 is 6.00. The summed E-state index contributed by atoms with van der Waals surface area (Å²) in [6.45, 7) is 4.54. The SMILES string of the molecule is C=C1C=C(CN(C)c2ccc(Cl)cc2)N(c2ccc(-c3nnn[nH]3)cc2)C=C1O. The largest absolute Gasteiger partial charge is 0.506 e. The first-order valence-electron chi connectivity index (χ1n) is 8.92. The Bertz CT molecular complexity index is 1070. The number of rotatable bonds is 5. The molecule has 2 N–H and O–H groups in total. The fourth-order valence-electron chi connectivity index (χ4n) is 3.09. The number of aromatic nitrogens is 4. The molecule has 0 amide bonds. The molecule has 0 atom stereocenters. The highest BCUT2D eigenvalue weighted by Crippen LogP contribution is 2.30. The maximum absolute atomic E-state index is 10.2. The highest BCUT2D eigenvalue weighted by Gasteiger charge is 2.19. The third-order valence-electron chi connectivity index (χ3n) is 4.66. The molecule has 1 aliphatic rings. The molecule has 0 spiro atoms. The molecular formula is C21H19ClN6O. The van der Waals surface area contributed by atoms with E-state index in [4.69, 9.17) is 11.6 Å². The van der Waals surface area contributed by atoms with Crippen LogP contribution in [0.3, 0.4) is 0 Å². The average molecular weight is 407 g/mol. The molecule has 7 nitrogen and oxygen atoms in total. The van der Waals surface area contributed by atoms with E-state index in [1.807, 2.05) is 66.6 Å². The van der Waals surface area contributed by atoms with Crippen molar-refractivity contribution in [3.8, 4) is 11.4 Å². The second kappa shape index (κ2) is 7.81. The van der Waals surface area contributed by atoms with Gasteiger partial charge in [0.05, 0.1) is 12.7 Å². The van der Waals surface area contributed by atoms with Gasteiger partial charge < -0.3 is 14.9 Å². The zero-order valence-corrected chi connectivity index (χ0v) is 16.5. The minimum Gasteiger partial charge on any atom is -0.506 e. The lowest BCUT2D eigenvalue weighted by atomic mass is 10.1. The fourth-order valence-corrected chi connectivity index (χ4v) is 3.21. The van der Waals surface area contributed by atoms with Crippen LogP contribution in [0, 0.1) is 0 Å². The molecule has 0 bridgehead atoms. The van der Waals surface area contributed by atoms with Crippen molar-refractivity contribution < 1.29 is 5.11 Å². The number of H-pyrrole nitrogens is 1. The first-order valence-corrected chi connectivity index (χ1v) is 9.30. The number of allylic oxidation sites excluding steroid dienone is 1. The van der Waals surface area contributed by atoms with Crippen LogP contribution in [0.2, 0.25) is 5.02 Å². The maximum Gasteiger partial charge on any atom is 0.179 e. The third kappa shape index (κ3) is 4.00. The number of nitrogens with zero attached hydrogens (tertiary/aromatic N) is 5. The molecule has 0 aliphatic carbocycles. The average Bonchev–Trinajstić information content (AvgIpc) is 3.26. The molecule has 0 saturated heterocycles. The van der Waals surface area contributed by atoms with Gasteiger partial charge in [0.2, 0.25) is 0 Å². The second-order valence-electron chi connectivity index (χ2n) is 6.67. The Morgan fingerprint density at radius 2 is 1.86 bits per heavy atom. The van der Waals surface area contributed by atoms with Crippen molar-refractivity contribution in [1.82, 2.24) is 20.6 Å². The van der Waals surface area contributed by atoms with E-state index < -0.39 is 0 Å². The van der Waals surface area contributed by atoms with E-state index in [9.17, 15) is 5.11 Å². The van der Waals surface area contributed by atoms with Gasteiger partial charge in [0, 0.05) is 40.3 Å². The Labute approximate surface area is 173 Å². The van der Waals surface area contributed by atoms with Crippen LogP contribution in [0.25, 0.3) is 11.4 Å². The van der Waals surface area contributed by atoms with Crippen molar-refractivity contribution in [1.29, 1.82) is 0 Å². The molecule has 0 saturated carbocycles. The lowest BCUT2D eigenvalue weighted by Crippen LogP contribution is -2.30. The lowest BCUT2D eigenvalue weighted by molar-refractivity contribution is 0.422. The fraction of sp³-hybridized carbons (Fsp3) is 0.0952. The second-order valence-corrected chi connectivity index (χ2v) is 7.11. The van der Waals surface area contributed by atoms with Crippen LogP contribution in [0.15, 0.2) is 84.4 Å². The van der Waals surface area contributed by atoms with Gasteiger partial charge in [0.15, 0.2) is 5.82 Å². The first kappa shape index (κ1) is 18.8. The molecule has 146 valence electrons. The highest BCUT2D eigenvalue weighted by atomic mass is 35.5. The molecule has 3 aromatic rings. The summed E-state index contributed by atoms with van der Waals surface area (Å²) in [7, 11) is 2.00. The van der Waals surface area contributed by atoms with E-state index >= 15 is 0 Å². The van der Waals surface area contributed by atoms with Crippen LogP contribution in [0.4, 0.5) is 11.4 Å². The molecule has 1 aromatic heterocycles. The van der Waals surface area contributed by atoms with E-state index in [-0.39, 0.29) is 5.76 Å². The maximum atomic E-state index is 10.2. The van der Waals surface area contributed by atoms with Gasteiger partial charge in [-0.25, -0.2) is 5.10 Å². The van der Waals surface area contributed by atoms with Gasteiger partial charge in [-0.1, -0.05) is 18.2 Å². The number of hydrogen-bond acceptors (Lipinski definition) is 6. The topological polar surface area (TPSA) is 81.2 Å². The van der Waals surface area contributed by atoms with Gasteiger partial charge in [-0.15, -0.1) is 5.10 Å². The van der Waals surface area contributed by atoms with Crippen molar-refractivity contribution in [2.24, 2.45) is 0 Å². The standard InChI is InChI=1S/C21H19ClN6O/c1-14-11-19(12-27(2)17-9-5-16(22)6-10-17)28(13-20(14)29)18-7-3-15(4-8-18)21-23-25-26-24-21/h3-11,13,29H,1,12H2,2H3,(H,23,24,25,26). The summed E-state index contributed by atoms with van der Waals surface area (Å²) < 4.78 is 0. The van der Waals surface area contributed by atoms with Crippen molar-refractivity contribution in [2.45, 2.75) is 0 Å². The quantitative estimate of drug-likeness (QED) is 0.656. The van der Waals surface area contributed by atoms with Crippen LogP contribution >= 0.6 is 11.6 Å². The van der Waals surface area contributed by atoms with Gasteiger partial charge >= 0.3 is 0 Å². The Hall–Kier alpha value is -3.58. The number of hydrogen-bond donors (Lipinski definition) is 2. The van der Waals surface area contributed by atoms with Crippen molar-refractivity contribution in [3.63, 3.8) is 0 Å². The number of aliphatic hydroxyl groups excluding tert-OH is 1. The van der Waals surface area contributed by atoms with Gasteiger partial charge in [-0.05, 0) is 65.0 Å². The first-order chi connectivity index (χ1) is 14.0. The monoisotopic (exact) mass is 406 g/mol. The van der Waals surface area contributed by atoms with Crippen LogP contribution in [-0.2, 0) is 0 Å². The molecular weight excluding hydrogens is 388 g/mol. The number of aromatic amines is 1. The Morgan fingerprint density at radius 1 is 1.14 bits per heavy atom. The van der Waals surface area contributed by atoms with Crippen LogP contribution in [-0.4, -0.2) is 39.3 Å². The summed E-state index contributed by atoms with van der Waals surface area (Å²) in [5.41, 5.74) is 4.35. The summed E-state index contributed by atoms with van der Waals surface area (Å²) in [6.07, 6.45) is 3.56. The number of tetrazole rings is 1. The molecule has 0 fully saturated rings. The summed E-state index contributed by atoms with van der Waals surface area (Å²) in [4.78, 5) is 4.05. The van der Waals surface area contributed by atoms with Crippen LogP contribution < -0.4 is 9.80 Å². The zero-order valence-electron chi connectivity index (χ0n) is 15.7.